The first-order valence-electron chi connectivity index (χ1n) is 12.0. The van der Waals surface area contributed by atoms with Crippen LogP contribution < -0.4 is 10.1 Å². The maximum Gasteiger partial charge on any atom is 0.251 e. The minimum absolute atomic E-state index is 0.111. The number of ether oxygens (including phenoxy) is 1. The molecule has 1 atom stereocenters. The summed E-state index contributed by atoms with van der Waals surface area (Å²) in [4.78, 5) is 36.8. The monoisotopic (exact) mass is 498 g/mol. The number of carbonyl (C=O) groups is 2. The number of oxime groups is 1. The third-order valence-electron chi connectivity index (χ3n) is 6.97. The van der Waals surface area contributed by atoms with Gasteiger partial charge in [-0.1, -0.05) is 11.2 Å². The second kappa shape index (κ2) is 11.0. The van der Waals surface area contributed by atoms with E-state index < -0.39 is 12.4 Å². The molecule has 0 aliphatic carbocycles. The van der Waals surface area contributed by atoms with Crippen LogP contribution in [0.25, 0.3) is 0 Å². The number of aliphatic hydroxyl groups excluding tert-OH is 1. The highest BCUT2D eigenvalue weighted by Gasteiger charge is 2.34. The van der Waals surface area contributed by atoms with Gasteiger partial charge >= 0.3 is 0 Å². The number of nitrogens with one attached hydrogen (secondary N) is 1. The lowest BCUT2D eigenvalue weighted by atomic mass is 9.88. The number of piperidine rings is 1. The Morgan fingerprint density at radius 3 is 2.69 bits per heavy atom. The third kappa shape index (κ3) is 5.48. The number of amides is 2. The molecule has 10 heteroatoms. The first-order valence-corrected chi connectivity index (χ1v) is 12.0. The Bertz CT molecular complexity index is 1180. The van der Waals surface area contributed by atoms with Crippen LogP contribution in [0.3, 0.4) is 0 Å². The number of aryl methyl sites for hydroxylation is 1. The fraction of sp³-hybridized carbons (Fsp3) is 0.462. The average Bonchev–Trinajstić information content (AvgIpc) is 3.39. The molecule has 1 saturated heterocycles. The summed E-state index contributed by atoms with van der Waals surface area (Å²) in [5.74, 6) is -0.601. The molecule has 1 unspecified atom stereocenters. The van der Waals surface area contributed by atoms with Gasteiger partial charge in [-0.05, 0) is 56.0 Å². The first-order chi connectivity index (χ1) is 17.3. The number of nitrogens with zero attached hydrogens (tertiary/aromatic N) is 3. The fourth-order valence-corrected chi connectivity index (χ4v) is 4.63. The minimum Gasteiger partial charge on any atom is -0.494 e. The zero-order chi connectivity index (χ0) is 25.8. The Balaban J connectivity index is 1.41. The molecule has 0 saturated carbocycles. The van der Waals surface area contributed by atoms with Crippen molar-refractivity contribution in [2.45, 2.75) is 45.8 Å². The number of carbonyl (C=O) groups excluding carboxylic acids is 2. The number of pyridine rings is 1. The topological polar surface area (TPSA) is 113 Å². The molecule has 9 nitrogen and oxygen atoms in total. The van der Waals surface area contributed by atoms with Gasteiger partial charge in [0.25, 0.3) is 5.91 Å². The summed E-state index contributed by atoms with van der Waals surface area (Å²) in [6, 6.07) is 6.20. The Hall–Kier alpha value is -3.53. The summed E-state index contributed by atoms with van der Waals surface area (Å²) in [7, 11) is 1.40. The van der Waals surface area contributed by atoms with Crippen LogP contribution >= 0.6 is 0 Å². The predicted molar refractivity (Wildman–Crippen MR) is 130 cm³/mol. The normalized spacial score (nSPS) is 18.0. The standard InChI is InChI=1S/C26H31FN4O5/c1-15-16(2)29-21(11-19(15)26(34)28-13-17-4-5-20(27)24(10-17)35-3)22-12-23(36-30-22)18-6-8-31(9-7-18)25(33)14-32/h4-5,10-11,18,23,32H,6-9,12-14H2,1-3H3,(H,28,34). The number of hydrogen-bond acceptors (Lipinski definition) is 7. The molecule has 1 fully saturated rings. The van der Waals surface area contributed by atoms with Crippen LogP contribution in [0.2, 0.25) is 0 Å². The molecule has 0 spiro atoms. The first kappa shape index (κ1) is 25.6. The van der Waals surface area contributed by atoms with E-state index in [2.05, 4.69) is 15.5 Å². The Labute approximate surface area is 209 Å². The van der Waals surface area contributed by atoms with Crippen molar-refractivity contribution in [3.05, 3.63) is 58.2 Å². The number of hydrogen-bond donors (Lipinski definition) is 2. The molecule has 192 valence electrons. The molecule has 3 heterocycles. The van der Waals surface area contributed by atoms with Gasteiger partial charge in [0.1, 0.15) is 18.4 Å². The van der Waals surface area contributed by atoms with Crippen LogP contribution in [0.5, 0.6) is 5.75 Å². The van der Waals surface area contributed by atoms with E-state index in [1.165, 1.54) is 13.2 Å². The molecule has 2 aliphatic heterocycles. The van der Waals surface area contributed by atoms with E-state index in [0.717, 1.165) is 24.1 Å². The van der Waals surface area contributed by atoms with Crippen LogP contribution in [0.1, 0.15) is 52.1 Å². The smallest absolute Gasteiger partial charge is 0.251 e. The van der Waals surface area contributed by atoms with Gasteiger partial charge in [0.15, 0.2) is 11.6 Å². The number of aromatic nitrogens is 1. The van der Waals surface area contributed by atoms with Gasteiger partial charge in [0.05, 0.1) is 12.8 Å². The SMILES string of the molecule is COc1cc(CNC(=O)c2cc(C3=NOC(C4CCN(C(=O)CO)CC4)C3)nc(C)c2C)ccc1F. The zero-order valence-corrected chi connectivity index (χ0v) is 20.7. The van der Waals surface area contributed by atoms with Crippen LogP contribution in [0.4, 0.5) is 4.39 Å². The van der Waals surface area contributed by atoms with E-state index in [-0.39, 0.29) is 36.1 Å². The predicted octanol–water partition coefficient (Wildman–Crippen LogP) is 2.50. The summed E-state index contributed by atoms with van der Waals surface area (Å²) >= 11 is 0. The number of benzene rings is 1. The highest BCUT2D eigenvalue weighted by molar-refractivity contribution is 6.03. The van der Waals surface area contributed by atoms with E-state index in [0.29, 0.717) is 42.0 Å². The summed E-state index contributed by atoms with van der Waals surface area (Å²) in [5, 5.41) is 16.2. The summed E-state index contributed by atoms with van der Waals surface area (Å²) < 4.78 is 18.7. The van der Waals surface area contributed by atoms with Gasteiger partial charge in [0, 0.05) is 43.2 Å². The van der Waals surface area contributed by atoms with E-state index in [1.54, 1.807) is 23.1 Å². The fourth-order valence-electron chi connectivity index (χ4n) is 4.63. The van der Waals surface area contributed by atoms with Gasteiger partial charge in [-0.15, -0.1) is 0 Å². The lowest BCUT2D eigenvalue weighted by Gasteiger charge is -2.33. The van der Waals surface area contributed by atoms with Gasteiger partial charge in [0.2, 0.25) is 5.91 Å². The van der Waals surface area contributed by atoms with E-state index in [1.807, 2.05) is 13.8 Å². The van der Waals surface area contributed by atoms with Crippen LogP contribution in [0.15, 0.2) is 29.4 Å². The number of aliphatic hydroxyl groups is 1. The zero-order valence-electron chi connectivity index (χ0n) is 20.7. The van der Waals surface area contributed by atoms with Crippen molar-refractivity contribution in [1.29, 1.82) is 0 Å². The lowest BCUT2D eigenvalue weighted by molar-refractivity contribution is -0.136. The summed E-state index contributed by atoms with van der Waals surface area (Å²) in [6.07, 6.45) is 2.02. The Morgan fingerprint density at radius 2 is 2.00 bits per heavy atom. The molecule has 1 aromatic heterocycles. The van der Waals surface area contributed by atoms with Gasteiger partial charge in [-0.25, -0.2) is 4.39 Å². The number of halogens is 1. The molecule has 2 aromatic rings. The van der Waals surface area contributed by atoms with Crippen molar-refractivity contribution in [1.82, 2.24) is 15.2 Å². The molecule has 0 radical (unpaired) electrons. The van der Waals surface area contributed by atoms with Crippen LogP contribution in [-0.2, 0) is 16.2 Å². The Morgan fingerprint density at radius 1 is 1.25 bits per heavy atom. The number of rotatable bonds is 7. The third-order valence-corrected chi connectivity index (χ3v) is 6.97. The van der Waals surface area contributed by atoms with Gasteiger partial charge in [-0.2, -0.15) is 0 Å². The second-order valence-electron chi connectivity index (χ2n) is 9.18. The minimum atomic E-state index is -0.468. The highest BCUT2D eigenvalue weighted by Crippen LogP contribution is 2.30. The van der Waals surface area contributed by atoms with Gasteiger partial charge in [-0.3, -0.25) is 14.6 Å². The lowest BCUT2D eigenvalue weighted by Crippen LogP contribution is -2.42. The molecule has 0 bridgehead atoms. The van der Waals surface area contributed by atoms with E-state index in [4.69, 9.17) is 14.7 Å². The highest BCUT2D eigenvalue weighted by atomic mass is 19.1. The van der Waals surface area contributed by atoms with Crippen molar-refractivity contribution < 1.29 is 28.7 Å². The van der Waals surface area contributed by atoms with Gasteiger partial charge < -0.3 is 24.9 Å². The van der Waals surface area contributed by atoms with Crippen LogP contribution in [0, 0.1) is 25.6 Å². The van der Waals surface area contributed by atoms with Crippen molar-refractivity contribution in [2.24, 2.45) is 11.1 Å². The molecule has 4 rings (SSSR count). The molecular formula is C26H31FN4O5. The maximum absolute atomic E-state index is 13.7. The van der Waals surface area contributed by atoms with E-state index in [9.17, 15) is 14.0 Å². The molecule has 2 amide bonds. The quantitative estimate of drug-likeness (QED) is 0.607. The molecule has 2 N–H and O–H groups in total. The number of methoxy groups -OCH3 is 1. The largest absolute Gasteiger partial charge is 0.494 e. The average molecular weight is 499 g/mol. The number of likely N-dealkylation sites (tertiary alicyclic amines) is 1. The second-order valence-corrected chi connectivity index (χ2v) is 9.18. The van der Waals surface area contributed by atoms with Crippen molar-refractivity contribution in [2.75, 3.05) is 26.8 Å². The molecule has 2 aliphatic rings. The van der Waals surface area contributed by atoms with Crippen LogP contribution in [-0.4, -0.2) is 65.4 Å². The maximum atomic E-state index is 13.7. The Kier molecular flexibility index (Phi) is 7.83. The molecule has 1 aromatic carbocycles. The summed E-state index contributed by atoms with van der Waals surface area (Å²) in [5.41, 5.74) is 3.99. The van der Waals surface area contributed by atoms with Crippen molar-refractivity contribution in [3.63, 3.8) is 0 Å². The van der Waals surface area contributed by atoms with Crippen molar-refractivity contribution in [3.8, 4) is 5.75 Å². The molecular weight excluding hydrogens is 467 g/mol. The summed E-state index contributed by atoms with van der Waals surface area (Å²) in [6.45, 7) is 4.62. The van der Waals surface area contributed by atoms with E-state index >= 15 is 0 Å². The molecule has 36 heavy (non-hydrogen) atoms. The van der Waals surface area contributed by atoms with Crippen molar-refractivity contribution >= 4 is 17.5 Å².